The zero-order valence-electron chi connectivity index (χ0n) is 13.5. The fraction of sp³-hybridized carbons (Fsp3) is 0.389. The third kappa shape index (κ3) is 3.26. The maximum absolute atomic E-state index is 12.5. The van der Waals surface area contributed by atoms with Gasteiger partial charge in [0.05, 0.1) is 5.56 Å². The second-order valence-electron chi connectivity index (χ2n) is 5.98. The Morgan fingerprint density at radius 1 is 1.26 bits per heavy atom. The van der Waals surface area contributed by atoms with Crippen LogP contribution in [0.4, 0.5) is 5.82 Å². The molecule has 23 heavy (non-hydrogen) atoms. The molecule has 3 rings (SSSR count). The number of nitrogens with two attached hydrogens (primary N) is 1. The van der Waals surface area contributed by atoms with Crippen LogP contribution in [0.5, 0.6) is 0 Å². The number of nitrogens with zero attached hydrogens (tertiary/aromatic N) is 3. The van der Waals surface area contributed by atoms with Gasteiger partial charge in [-0.15, -0.1) is 0 Å². The van der Waals surface area contributed by atoms with Crippen molar-refractivity contribution in [1.29, 1.82) is 0 Å². The first kappa shape index (κ1) is 15.3. The van der Waals surface area contributed by atoms with Crippen molar-refractivity contribution < 1.29 is 4.79 Å². The molecule has 0 radical (unpaired) electrons. The monoisotopic (exact) mass is 308 g/mol. The van der Waals surface area contributed by atoms with Gasteiger partial charge < -0.3 is 10.6 Å². The summed E-state index contributed by atoms with van der Waals surface area (Å²) in [4.78, 5) is 23.2. The van der Waals surface area contributed by atoms with Crippen LogP contribution >= 0.6 is 0 Å². The van der Waals surface area contributed by atoms with Crippen LogP contribution in [-0.2, 0) is 0 Å². The van der Waals surface area contributed by atoms with E-state index < -0.39 is 0 Å². The minimum absolute atomic E-state index is 0.254. The molecule has 0 spiro atoms. The predicted molar refractivity (Wildman–Crippen MR) is 91.8 cm³/mol. The van der Waals surface area contributed by atoms with Crippen molar-refractivity contribution in [2.45, 2.75) is 33.1 Å². The predicted octanol–water partition coefficient (Wildman–Crippen LogP) is 2.65. The second kappa shape index (κ2) is 6.25. The van der Waals surface area contributed by atoms with E-state index in [1.165, 1.54) is 6.42 Å². The lowest BCUT2D eigenvalue weighted by Crippen LogP contribution is -2.31. The maximum Gasteiger partial charge on any atom is 0.282 e. The molecule has 0 saturated carbocycles. The highest BCUT2D eigenvalue weighted by Gasteiger charge is 2.21. The largest absolute Gasteiger partial charge is 0.387 e. The summed E-state index contributed by atoms with van der Waals surface area (Å²) in [5.74, 6) is 0.593. The van der Waals surface area contributed by atoms with Crippen molar-refractivity contribution >= 4 is 28.5 Å². The molecular weight excluding hydrogens is 288 g/mol. The third-order valence-corrected chi connectivity index (χ3v) is 3.95. The Hall–Kier alpha value is -2.61. The highest BCUT2D eigenvalue weighted by atomic mass is 16.1. The van der Waals surface area contributed by atoms with E-state index in [0.29, 0.717) is 11.4 Å². The zero-order chi connectivity index (χ0) is 16.4. The lowest BCUT2D eigenvalue weighted by Gasteiger charge is -2.29. The number of amides is 1. The Labute approximate surface area is 136 Å². The smallest absolute Gasteiger partial charge is 0.282 e. The number of hydrogen-bond acceptors (Lipinski definition) is 3. The number of hydrogen-bond donors (Lipinski definition) is 1. The number of pyridine rings is 1. The first-order valence-electron chi connectivity index (χ1n) is 7.90. The Kier molecular flexibility index (Phi) is 4.16. The van der Waals surface area contributed by atoms with Crippen LogP contribution in [0.25, 0.3) is 10.9 Å². The molecule has 1 fully saturated rings. The Morgan fingerprint density at radius 3 is 2.70 bits per heavy atom. The number of piperidine rings is 1. The standard InChI is InChI=1S/C18H20N4O/c1-12-6-7-16-14(10-12)11-15(18(23)20-13(2)19)17(21-16)22-8-4-3-5-9-22/h10-11H,3-5,8-9H2,1-2H3,(H2,19,20,23). The number of fused-ring (bicyclic) bond motifs is 1. The fourth-order valence-corrected chi connectivity index (χ4v) is 2.88. The van der Waals surface area contributed by atoms with E-state index in [4.69, 9.17) is 5.73 Å². The van der Waals surface area contributed by atoms with E-state index in [0.717, 1.165) is 42.4 Å². The van der Waals surface area contributed by atoms with E-state index in [2.05, 4.69) is 27.0 Å². The third-order valence-electron chi connectivity index (χ3n) is 3.95. The molecule has 5 nitrogen and oxygen atoms in total. The van der Waals surface area contributed by atoms with Gasteiger partial charge in [-0.3, -0.25) is 4.79 Å². The molecule has 1 aromatic heterocycles. The summed E-state index contributed by atoms with van der Waals surface area (Å²) in [6.07, 6.45) is 3.43. The number of carbonyl (C=O) groups is 1. The van der Waals surface area contributed by atoms with E-state index in [-0.39, 0.29) is 11.7 Å². The van der Waals surface area contributed by atoms with Crippen molar-refractivity contribution in [1.82, 2.24) is 4.98 Å². The lowest BCUT2D eigenvalue weighted by atomic mass is 10.1. The van der Waals surface area contributed by atoms with Crippen LogP contribution < -0.4 is 10.6 Å². The van der Waals surface area contributed by atoms with Crippen LogP contribution in [0.2, 0.25) is 0 Å². The van der Waals surface area contributed by atoms with Gasteiger partial charge in [0.15, 0.2) is 0 Å². The Balaban J connectivity index is 2.15. The van der Waals surface area contributed by atoms with Crippen LogP contribution in [0.3, 0.4) is 0 Å². The first-order valence-corrected chi connectivity index (χ1v) is 7.90. The fourth-order valence-electron chi connectivity index (χ4n) is 2.88. The Bertz CT molecular complexity index is 772. The minimum atomic E-state index is -0.342. The number of carbonyl (C=O) groups excluding carboxylic acids is 1. The van der Waals surface area contributed by atoms with Crippen molar-refractivity contribution in [3.05, 3.63) is 35.4 Å². The number of amidine groups is 1. The summed E-state index contributed by atoms with van der Waals surface area (Å²) in [5, 5.41) is 0.871. The molecule has 2 N–H and O–H groups in total. The van der Waals surface area contributed by atoms with Gasteiger partial charge in [-0.25, -0.2) is 4.98 Å². The highest BCUT2D eigenvalue weighted by Crippen LogP contribution is 2.26. The lowest BCUT2D eigenvalue weighted by molar-refractivity contribution is 0.100. The Morgan fingerprint density at radius 2 is 2.00 bits per heavy atom. The van der Waals surface area contributed by atoms with Crippen molar-refractivity contribution in [3.8, 4) is 0 Å². The molecule has 2 aromatic rings. The summed E-state index contributed by atoms with van der Waals surface area (Å²) in [7, 11) is 0. The molecule has 0 bridgehead atoms. The minimum Gasteiger partial charge on any atom is -0.387 e. The van der Waals surface area contributed by atoms with Gasteiger partial charge in [0.1, 0.15) is 17.2 Å². The molecule has 2 heterocycles. The van der Waals surface area contributed by atoms with Crippen molar-refractivity contribution in [3.63, 3.8) is 0 Å². The van der Waals surface area contributed by atoms with Crippen LogP contribution in [0.1, 0.15) is 42.1 Å². The van der Waals surface area contributed by atoms with E-state index in [1.807, 2.05) is 19.1 Å². The summed E-state index contributed by atoms with van der Waals surface area (Å²) >= 11 is 0. The van der Waals surface area contributed by atoms with Gasteiger partial charge in [0, 0.05) is 24.0 Å². The summed E-state index contributed by atoms with van der Waals surface area (Å²) in [6, 6.07) is 9.92. The molecule has 118 valence electrons. The van der Waals surface area contributed by atoms with Crippen LogP contribution in [-0.4, -0.2) is 29.8 Å². The quantitative estimate of drug-likeness (QED) is 0.684. The average Bonchev–Trinajstić information content (AvgIpc) is 2.53. The normalized spacial score (nSPS) is 15.6. The molecule has 0 aliphatic carbocycles. The zero-order valence-corrected chi connectivity index (χ0v) is 13.5. The van der Waals surface area contributed by atoms with Gasteiger partial charge in [0.2, 0.25) is 0 Å². The molecular formula is C18H20N4O. The number of aromatic nitrogens is 1. The van der Waals surface area contributed by atoms with Gasteiger partial charge >= 0.3 is 0 Å². The number of aliphatic imine (C=N–C) groups is 1. The van der Waals surface area contributed by atoms with Crippen LogP contribution in [0.15, 0.2) is 17.1 Å². The molecule has 1 aliphatic rings. The van der Waals surface area contributed by atoms with E-state index >= 15 is 0 Å². The molecule has 0 atom stereocenters. The van der Waals surface area contributed by atoms with Gasteiger partial charge in [-0.05, 0) is 51.3 Å². The summed E-state index contributed by atoms with van der Waals surface area (Å²) < 4.78 is 0. The highest BCUT2D eigenvalue weighted by molar-refractivity contribution is 6.07. The number of aryl methyl sites for hydroxylation is 1. The van der Waals surface area contributed by atoms with Gasteiger partial charge in [-0.2, -0.15) is 4.99 Å². The topological polar surface area (TPSA) is 71.6 Å². The maximum atomic E-state index is 12.5. The van der Waals surface area contributed by atoms with Crippen LogP contribution in [0, 0.1) is 19.1 Å². The second-order valence-corrected chi connectivity index (χ2v) is 5.98. The van der Waals surface area contributed by atoms with E-state index in [1.54, 1.807) is 6.92 Å². The SMILES string of the molecule is CC(N)=NC(=O)c1cc2cc(C)c#cc2nc1N1CCCCC1. The number of anilines is 1. The average molecular weight is 308 g/mol. The summed E-state index contributed by atoms with van der Waals surface area (Å²) in [5.41, 5.74) is 7.77. The molecule has 1 aliphatic heterocycles. The molecule has 1 saturated heterocycles. The molecule has 0 unspecified atom stereocenters. The number of rotatable bonds is 2. The van der Waals surface area contributed by atoms with Gasteiger partial charge in [-0.1, -0.05) is 6.07 Å². The van der Waals surface area contributed by atoms with Crippen molar-refractivity contribution in [2.24, 2.45) is 10.7 Å². The molecule has 1 amide bonds. The molecule has 1 aromatic carbocycles. The van der Waals surface area contributed by atoms with Crippen molar-refractivity contribution in [2.75, 3.05) is 18.0 Å². The summed E-state index contributed by atoms with van der Waals surface area (Å²) in [6.45, 7) is 5.36. The van der Waals surface area contributed by atoms with E-state index in [9.17, 15) is 4.79 Å². The van der Waals surface area contributed by atoms with Gasteiger partial charge in [0.25, 0.3) is 5.91 Å². The molecule has 5 heteroatoms. The first-order chi connectivity index (χ1) is 11.0.